The van der Waals surface area contributed by atoms with Crippen molar-refractivity contribution in [1.82, 2.24) is 10.2 Å². The molecule has 0 amide bonds. The SMILES string of the molecule is CC(Cc1nnc(I)s1)C(C)(C)C. The lowest BCUT2D eigenvalue weighted by Crippen LogP contribution is -2.19. The van der Waals surface area contributed by atoms with Crippen molar-refractivity contribution in [3.05, 3.63) is 8.02 Å². The average molecular weight is 310 g/mol. The lowest BCUT2D eigenvalue weighted by atomic mass is 9.80. The Morgan fingerprint density at radius 3 is 2.38 bits per heavy atom. The lowest BCUT2D eigenvalue weighted by Gasteiger charge is -2.26. The van der Waals surface area contributed by atoms with Crippen LogP contribution in [0.25, 0.3) is 0 Å². The van der Waals surface area contributed by atoms with Crippen molar-refractivity contribution >= 4 is 33.9 Å². The molecule has 1 aromatic rings. The fourth-order valence-electron chi connectivity index (χ4n) is 0.884. The molecule has 0 spiro atoms. The van der Waals surface area contributed by atoms with Gasteiger partial charge in [0.15, 0.2) is 3.01 Å². The summed E-state index contributed by atoms with van der Waals surface area (Å²) < 4.78 is 1.04. The van der Waals surface area contributed by atoms with Crippen molar-refractivity contribution < 1.29 is 0 Å². The zero-order chi connectivity index (χ0) is 10.1. The third kappa shape index (κ3) is 3.50. The molecule has 1 unspecified atom stereocenters. The van der Waals surface area contributed by atoms with E-state index in [1.54, 1.807) is 11.3 Å². The first-order chi connectivity index (χ1) is 5.89. The first kappa shape index (κ1) is 11.4. The molecule has 0 fully saturated rings. The maximum atomic E-state index is 4.13. The number of aromatic nitrogens is 2. The van der Waals surface area contributed by atoms with Gasteiger partial charge >= 0.3 is 0 Å². The van der Waals surface area contributed by atoms with Crippen LogP contribution in [0.4, 0.5) is 0 Å². The largest absolute Gasteiger partial charge is 0.178 e. The first-order valence-corrected chi connectivity index (χ1v) is 6.27. The maximum absolute atomic E-state index is 4.13. The Balaban J connectivity index is 2.60. The predicted octanol–water partition coefficient (Wildman–Crippen LogP) is 3.37. The van der Waals surface area contributed by atoms with Crippen LogP contribution in [0.5, 0.6) is 0 Å². The van der Waals surface area contributed by atoms with Crippen LogP contribution >= 0.6 is 33.9 Å². The van der Waals surface area contributed by atoms with Crippen molar-refractivity contribution in [3.8, 4) is 0 Å². The maximum Gasteiger partial charge on any atom is 0.178 e. The highest BCUT2D eigenvalue weighted by atomic mass is 127. The predicted molar refractivity (Wildman–Crippen MR) is 64.9 cm³/mol. The molecule has 1 aromatic heterocycles. The Bertz CT molecular complexity index is 277. The van der Waals surface area contributed by atoms with Gasteiger partial charge in [-0.15, -0.1) is 10.2 Å². The number of rotatable bonds is 2. The molecule has 4 heteroatoms. The Kier molecular flexibility index (Phi) is 3.68. The van der Waals surface area contributed by atoms with Crippen LogP contribution in [0.3, 0.4) is 0 Å². The van der Waals surface area contributed by atoms with Gasteiger partial charge in [-0.3, -0.25) is 0 Å². The van der Waals surface area contributed by atoms with E-state index in [4.69, 9.17) is 0 Å². The Labute approximate surface area is 97.3 Å². The van der Waals surface area contributed by atoms with Gasteiger partial charge in [-0.05, 0) is 33.9 Å². The molecule has 0 aliphatic rings. The van der Waals surface area contributed by atoms with E-state index in [2.05, 4.69) is 60.5 Å². The number of nitrogens with zero attached hydrogens (tertiary/aromatic N) is 2. The minimum Gasteiger partial charge on any atom is -0.143 e. The molecule has 74 valence electrons. The van der Waals surface area contributed by atoms with Crippen molar-refractivity contribution in [2.75, 3.05) is 0 Å². The Morgan fingerprint density at radius 2 is 2.00 bits per heavy atom. The lowest BCUT2D eigenvalue weighted by molar-refractivity contribution is 0.259. The molecule has 0 aliphatic heterocycles. The quantitative estimate of drug-likeness (QED) is 0.783. The summed E-state index contributed by atoms with van der Waals surface area (Å²) in [6.07, 6.45) is 1.05. The first-order valence-electron chi connectivity index (χ1n) is 4.37. The molecule has 0 aromatic carbocycles. The summed E-state index contributed by atoms with van der Waals surface area (Å²) >= 11 is 3.91. The molecular formula is C9H15IN2S. The monoisotopic (exact) mass is 310 g/mol. The smallest absolute Gasteiger partial charge is 0.143 e. The fourth-order valence-corrected chi connectivity index (χ4v) is 2.45. The highest BCUT2D eigenvalue weighted by Crippen LogP contribution is 2.29. The molecule has 0 radical (unpaired) electrons. The van der Waals surface area contributed by atoms with Crippen molar-refractivity contribution in [2.24, 2.45) is 11.3 Å². The van der Waals surface area contributed by atoms with E-state index in [9.17, 15) is 0 Å². The molecule has 1 heterocycles. The average Bonchev–Trinajstić information content (AvgIpc) is 2.33. The second-order valence-electron chi connectivity index (χ2n) is 4.42. The fraction of sp³-hybridized carbons (Fsp3) is 0.778. The summed E-state index contributed by atoms with van der Waals surface area (Å²) in [5, 5.41) is 9.30. The van der Waals surface area contributed by atoms with Gasteiger partial charge in [0.05, 0.1) is 0 Å². The van der Waals surface area contributed by atoms with Crippen LogP contribution in [0.1, 0.15) is 32.7 Å². The molecule has 2 nitrogen and oxygen atoms in total. The van der Waals surface area contributed by atoms with Crippen LogP contribution in [0.15, 0.2) is 0 Å². The number of halogens is 1. The molecular weight excluding hydrogens is 295 g/mol. The minimum absolute atomic E-state index is 0.358. The summed E-state index contributed by atoms with van der Waals surface area (Å²) in [7, 11) is 0. The molecule has 1 atom stereocenters. The highest BCUT2D eigenvalue weighted by molar-refractivity contribution is 14.1. The summed E-state index contributed by atoms with van der Waals surface area (Å²) in [5.41, 5.74) is 0.358. The van der Waals surface area contributed by atoms with Gasteiger partial charge in [0.1, 0.15) is 5.01 Å². The van der Waals surface area contributed by atoms with Crippen molar-refractivity contribution in [1.29, 1.82) is 0 Å². The molecule has 1 rings (SSSR count). The van der Waals surface area contributed by atoms with Gasteiger partial charge in [0, 0.05) is 6.42 Å². The van der Waals surface area contributed by atoms with Gasteiger partial charge in [0.2, 0.25) is 0 Å². The van der Waals surface area contributed by atoms with Crippen LogP contribution in [-0.2, 0) is 6.42 Å². The summed E-state index contributed by atoms with van der Waals surface area (Å²) in [5.74, 6) is 0.649. The summed E-state index contributed by atoms with van der Waals surface area (Å²) in [6, 6.07) is 0. The van der Waals surface area contributed by atoms with E-state index in [1.165, 1.54) is 0 Å². The highest BCUT2D eigenvalue weighted by Gasteiger charge is 2.21. The van der Waals surface area contributed by atoms with E-state index >= 15 is 0 Å². The summed E-state index contributed by atoms with van der Waals surface area (Å²) in [6.45, 7) is 9.07. The van der Waals surface area contributed by atoms with Gasteiger partial charge < -0.3 is 0 Å². The molecule has 13 heavy (non-hydrogen) atoms. The van der Waals surface area contributed by atoms with Gasteiger partial charge in [-0.25, -0.2) is 0 Å². The summed E-state index contributed by atoms with van der Waals surface area (Å²) in [4.78, 5) is 0. The minimum atomic E-state index is 0.358. The van der Waals surface area contributed by atoms with Crippen LogP contribution in [0.2, 0.25) is 0 Å². The van der Waals surface area contributed by atoms with Crippen molar-refractivity contribution in [2.45, 2.75) is 34.1 Å². The van der Waals surface area contributed by atoms with E-state index < -0.39 is 0 Å². The topological polar surface area (TPSA) is 25.8 Å². The molecule has 0 saturated heterocycles. The van der Waals surface area contributed by atoms with E-state index in [-0.39, 0.29) is 0 Å². The normalized spacial score (nSPS) is 14.5. The Hall–Kier alpha value is 0.290. The van der Waals surface area contributed by atoms with Crippen LogP contribution in [-0.4, -0.2) is 10.2 Å². The standard InChI is InChI=1S/C9H15IN2S/c1-6(9(2,3)4)5-7-11-12-8(10)13-7/h6H,5H2,1-4H3. The molecule has 0 aliphatic carbocycles. The second-order valence-corrected chi connectivity index (χ2v) is 7.24. The van der Waals surface area contributed by atoms with E-state index in [0.29, 0.717) is 11.3 Å². The van der Waals surface area contributed by atoms with Crippen LogP contribution in [0, 0.1) is 14.3 Å². The molecule has 0 N–H and O–H groups in total. The third-order valence-electron chi connectivity index (χ3n) is 2.40. The number of hydrogen-bond acceptors (Lipinski definition) is 3. The van der Waals surface area contributed by atoms with Gasteiger partial charge in [-0.2, -0.15) is 0 Å². The molecule has 0 saturated carbocycles. The zero-order valence-corrected chi connectivity index (χ0v) is 11.4. The van der Waals surface area contributed by atoms with E-state index in [0.717, 1.165) is 14.4 Å². The van der Waals surface area contributed by atoms with Gasteiger partial charge in [0.25, 0.3) is 0 Å². The van der Waals surface area contributed by atoms with Crippen molar-refractivity contribution in [3.63, 3.8) is 0 Å². The van der Waals surface area contributed by atoms with E-state index in [1.807, 2.05) is 0 Å². The number of hydrogen-bond donors (Lipinski definition) is 0. The second kappa shape index (κ2) is 4.21. The van der Waals surface area contributed by atoms with Crippen LogP contribution < -0.4 is 0 Å². The zero-order valence-electron chi connectivity index (χ0n) is 8.47. The Morgan fingerprint density at radius 1 is 1.38 bits per heavy atom. The van der Waals surface area contributed by atoms with Gasteiger partial charge in [-0.1, -0.05) is 39.0 Å². The third-order valence-corrected chi connectivity index (χ3v) is 4.01. The molecule has 0 bridgehead atoms.